The molecular formula is C22H28N4O4. The van der Waals surface area contributed by atoms with Gasteiger partial charge >= 0.3 is 0 Å². The highest BCUT2D eigenvalue weighted by Gasteiger charge is 2.15. The Labute approximate surface area is 176 Å². The number of aryl methyl sites for hydroxylation is 1. The average molecular weight is 412 g/mol. The monoisotopic (exact) mass is 412 g/mol. The van der Waals surface area contributed by atoms with Crippen molar-refractivity contribution >= 4 is 29.1 Å². The van der Waals surface area contributed by atoms with Crippen molar-refractivity contribution in [1.82, 2.24) is 10.2 Å². The van der Waals surface area contributed by atoms with Crippen LogP contribution in [0.2, 0.25) is 0 Å². The Morgan fingerprint density at radius 1 is 1.03 bits per heavy atom. The molecule has 0 aliphatic rings. The zero-order valence-corrected chi connectivity index (χ0v) is 17.5. The van der Waals surface area contributed by atoms with E-state index in [0.29, 0.717) is 30.1 Å². The van der Waals surface area contributed by atoms with Crippen molar-refractivity contribution in [2.75, 3.05) is 51.0 Å². The topological polar surface area (TPSA) is 99.8 Å². The number of hydrogen-bond donors (Lipinski definition) is 3. The van der Waals surface area contributed by atoms with Gasteiger partial charge in [-0.3, -0.25) is 14.4 Å². The van der Waals surface area contributed by atoms with Gasteiger partial charge in [0.05, 0.1) is 25.3 Å². The SMILES string of the molecule is COCCNC(=O)c1ccccc1NCC(=O)N(C)CC(=O)Nc1ccc(C)cc1. The quantitative estimate of drug-likeness (QED) is 0.518. The van der Waals surface area contributed by atoms with E-state index in [1.54, 1.807) is 38.4 Å². The van der Waals surface area contributed by atoms with Gasteiger partial charge in [0.2, 0.25) is 11.8 Å². The number of nitrogens with one attached hydrogen (secondary N) is 3. The minimum absolute atomic E-state index is 0.0450. The molecule has 8 nitrogen and oxygen atoms in total. The van der Waals surface area contributed by atoms with Crippen LogP contribution in [-0.4, -0.2) is 63.0 Å². The van der Waals surface area contributed by atoms with Crippen LogP contribution in [0.4, 0.5) is 11.4 Å². The molecule has 0 unspecified atom stereocenters. The lowest BCUT2D eigenvalue weighted by atomic mass is 10.1. The molecule has 0 aromatic heterocycles. The fourth-order valence-electron chi connectivity index (χ4n) is 2.64. The molecule has 3 amide bonds. The van der Waals surface area contributed by atoms with Crippen LogP contribution in [0.25, 0.3) is 0 Å². The van der Waals surface area contributed by atoms with Crippen LogP contribution in [0.15, 0.2) is 48.5 Å². The van der Waals surface area contributed by atoms with Crippen LogP contribution in [0.5, 0.6) is 0 Å². The van der Waals surface area contributed by atoms with Gasteiger partial charge in [0.1, 0.15) is 0 Å². The van der Waals surface area contributed by atoms with Crippen LogP contribution >= 0.6 is 0 Å². The normalized spacial score (nSPS) is 10.2. The van der Waals surface area contributed by atoms with Gasteiger partial charge < -0.3 is 25.6 Å². The number of likely N-dealkylation sites (N-methyl/N-ethyl adjacent to an activating group) is 1. The zero-order chi connectivity index (χ0) is 21.9. The Morgan fingerprint density at radius 2 is 1.73 bits per heavy atom. The van der Waals surface area contributed by atoms with Crippen LogP contribution in [0.3, 0.4) is 0 Å². The van der Waals surface area contributed by atoms with Gasteiger partial charge in [-0.25, -0.2) is 0 Å². The van der Waals surface area contributed by atoms with Crippen molar-refractivity contribution in [2.24, 2.45) is 0 Å². The van der Waals surface area contributed by atoms with E-state index < -0.39 is 0 Å². The largest absolute Gasteiger partial charge is 0.383 e. The fraction of sp³-hybridized carbons (Fsp3) is 0.318. The molecule has 0 saturated heterocycles. The number of anilines is 2. The van der Waals surface area contributed by atoms with Crippen molar-refractivity contribution in [3.63, 3.8) is 0 Å². The molecule has 2 aromatic carbocycles. The number of methoxy groups -OCH3 is 1. The summed E-state index contributed by atoms with van der Waals surface area (Å²) in [5, 5.41) is 8.49. The predicted octanol–water partition coefficient (Wildman–Crippen LogP) is 1.88. The summed E-state index contributed by atoms with van der Waals surface area (Å²) in [5.41, 5.74) is 2.75. The summed E-state index contributed by atoms with van der Waals surface area (Å²) in [7, 11) is 3.12. The Kier molecular flexibility index (Phi) is 8.83. The van der Waals surface area contributed by atoms with Crippen molar-refractivity contribution < 1.29 is 19.1 Å². The third-order valence-electron chi connectivity index (χ3n) is 4.34. The molecule has 0 spiro atoms. The maximum atomic E-state index is 12.4. The van der Waals surface area contributed by atoms with Crippen LogP contribution in [0, 0.1) is 6.92 Å². The van der Waals surface area contributed by atoms with E-state index in [-0.39, 0.29) is 30.8 Å². The molecule has 0 bridgehead atoms. The number of rotatable bonds is 10. The second-order valence-corrected chi connectivity index (χ2v) is 6.81. The van der Waals surface area contributed by atoms with Crippen molar-refractivity contribution in [1.29, 1.82) is 0 Å². The van der Waals surface area contributed by atoms with Gasteiger partial charge in [-0.2, -0.15) is 0 Å². The number of ether oxygens (including phenoxy) is 1. The summed E-state index contributed by atoms with van der Waals surface area (Å²) in [6, 6.07) is 14.3. The highest BCUT2D eigenvalue weighted by molar-refractivity contribution is 6.00. The lowest BCUT2D eigenvalue weighted by Gasteiger charge is -2.18. The lowest BCUT2D eigenvalue weighted by Crippen LogP contribution is -2.38. The maximum Gasteiger partial charge on any atom is 0.253 e. The predicted molar refractivity (Wildman–Crippen MR) is 117 cm³/mol. The van der Waals surface area contributed by atoms with E-state index in [0.717, 1.165) is 5.56 Å². The van der Waals surface area contributed by atoms with Crippen molar-refractivity contribution in [3.8, 4) is 0 Å². The number of benzene rings is 2. The maximum absolute atomic E-state index is 12.4. The second kappa shape index (κ2) is 11.6. The minimum atomic E-state index is -0.285. The third-order valence-corrected chi connectivity index (χ3v) is 4.34. The molecule has 0 atom stereocenters. The molecule has 2 rings (SSSR count). The van der Waals surface area contributed by atoms with E-state index >= 15 is 0 Å². The first-order valence-electron chi connectivity index (χ1n) is 9.61. The number of carbonyl (C=O) groups is 3. The second-order valence-electron chi connectivity index (χ2n) is 6.81. The first-order valence-corrected chi connectivity index (χ1v) is 9.61. The number of carbonyl (C=O) groups excluding carboxylic acids is 3. The molecule has 3 N–H and O–H groups in total. The van der Waals surface area contributed by atoms with E-state index in [1.165, 1.54) is 4.90 Å². The number of nitrogens with zero attached hydrogens (tertiary/aromatic N) is 1. The summed E-state index contributed by atoms with van der Waals surface area (Å²) in [5.74, 6) is -0.815. The molecule has 0 aliphatic heterocycles. The first kappa shape index (κ1) is 22.9. The van der Waals surface area contributed by atoms with Gasteiger partial charge in [0.15, 0.2) is 0 Å². The smallest absolute Gasteiger partial charge is 0.253 e. The summed E-state index contributed by atoms with van der Waals surface area (Å²) < 4.78 is 4.92. The fourth-order valence-corrected chi connectivity index (χ4v) is 2.64. The van der Waals surface area contributed by atoms with E-state index in [9.17, 15) is 14.4 Å². The van der Waals surface area contributed by atoms with Crippen molar-refractivity contribution in [3.05, 3.63) is 59.7 Å². The molecule has 0 aliphatic carbocycles. The van der Waals surface area contributed by atoms with E-state index in [4.69, 9.17) is 4.74 Å². The molecule has 0 fully saturated rings. The minimum Gasteiger partial charge on any atom is -0.383 e. The van der Waals surface area contributed by atoms with Gasteiger partial charge in [-0.15, -0.1) is 0 Å². The Bertz CT molecular complexity index is 868. The number of para-hydroxylation sites is 1. The Hall–Kier alpha value is -3.39. The summed E-state index contributed by atoms with van der Waals surface area (Å²) in [6.45, 7) is 2.65. The van der Waals surface area contributed by atoms with Gasteiger partial charge in [-0.05, 0) is 31.2 Å². The van der Waals surface area contributed by atoms with Gasteiger partial charge in [-0.1, -0.05) is 29.8 Å². The highest BCUT2D eigenvalue weighted by atomic mass is 16.5. The van der Waals surface area contributed by atoms with Crippen LogP contribution in [0.1, 0.15) is 15.9 Å². The van der Waals surface area contributed by atoms with Crippen LogP contribution in [-0.2, 0) is 14.3 Å². The molecule has 2 aromatic rings. The molecule has 0 saturated carbocycles. The van der Waals surface area contributed by atoms with E-state index in [2.05, 4.69) is 16.0 Å². The summed E-state index contributed by atoms with van der Waals surface area (Å²) in [4.78, 5) is 38.2. The third kappa shape index (κ3) is 7.21. The van der Waals surface area contributed by atoms with Gasteiger partial charge in [0, 0.05) is 32.1 Å². The average Bonchev–Trinajstić information content (AvgIpc) is 2.73. The van der Waals surface area contributed by atoms with E-state index in [1.807, 2.05) is 31.2 Å². The summed E-state index contributed by atoms with van der Waals surface area (Å²) in [6.07, 6.45) is 0. The lowest BCUT2D eigenvalue weighted by molar-refractivity contribution is -0.131. The molecule has 30 heavy (non-hydrogen) atoms. The standard InChI is InChI=1S/C22H28N4O4/c1-16-8-10-17(11-9-16)25-20(27)15-26(2)21(28)14-24-19-7-5-4-6-18(19)22(29)23-12-13-30-3/h4-11,24H,12-15H2,1-3H3,(H,23,29)(H,25,27). The number of amides is 3. The highest BCUT2D eigenvalue weighted by Crippen LogP contribution is 2.14. The van der Waals surface area contributed by atoms with Gasteiger partial charge in [0.25, 0.3) is 5.91 Å². The molecule has 8 heteroatoms. The zero-order valence-electron chi connectivity index (χ0n) is 17.5. The van der Waals surface area contributed by atoms with Crippen LogP contribution < -0.4 is 16.0 Å². The number of hydrogen-bond acceptors (Lipinski definition) is 5. The molecule has 160 valence electrons. The molecule has 0 heterocycles. The van der Waals surface area contributed by atoms with Crippen molar-refractivity contribution in [2.45, 2.75) is 6.92 Å². The molecule has 0 radical (unpaired) electrons. The summed E-state index contributed by atoms with van der Waals surface area (Å²) >= 11 is 0. The Morgan fingerprint density at radius 3 is 2.43 bits per heavy atom. The first-order chi connectivity index (χ1) is 14.4. The molecular weight excluding hydrogens is 384 g/mol. The Balaban J connectivity index is 1.86.